The Morgan fingerprint density at radius 3 is 2.88 bits per heavy atom. The van der Waals surface area contributed by atoms with Gasteiger partial charge in [-0.25, -0.2) is 9.97 Å². The summed E-state index contributed by atoms with van der Waals surface area (Å²) in [5.41, 5.74) is 1.50. The molecule has 0 saturated heterocycles. The number of halogens is 2. The Bertz CT molecular complexity index is 914. The molecule has 25 heavy (non-hydrogen) atoms. The van der Waals surface area contributed by atoms with Crippen molar-refractivity contribution in [3.63, 3.8) is 0 Å². The predicted octanol–water partition coefficient (Wildman–Crippen LogP) is 5.41. The van der Waals surface area contributed by atoms with Crippen LogP contribution in [-0.2, 0) is 6.42 Å². The molecule has 0 bridgehead atoms. The van der Waals surface area contributed by atoms with E-state index in [9.17, 15) is 4.79 Å². The summed E-state index contributed by atoms with van der Waals surface area (Å²) in [5, 5.41) is 5.27. The van der Waals surface area contributed by atoms with Crippen LogP contribution in [0, 0.1) is 0 Å². The van der Waals surface area contributed by atoms with E-state index < -0.39 is 0 Å². The van der Waals surface area contributed by atoms with Gasteiger partial charge in [0.2, 0.25) is 0 Å². The van der Waals surface area contributed by atoms with Crippen LogP contribution in [-0.4, -0.2) is 22.1 Å². The van der Waals surface area contributed by atoms with Crippen molar-refractivity contribution >= 4 is 57.3 Å². The van der Waals surface area contributed by atoms with Gasteiger partial charge in [0.05, 0.1) is 5.56 Å². The van der Waals surface area contributed by atoms with Crippen LogP contribution in [0.15, 0.2) is 47.8 Å². The summed E-state index contributed by atoms with van der Waals surface area (Å²) in [6, 6.07) is 8.90. The zero-order valence-corrected chi connectivity index (χ0v) is 16.3. The number of rotatable bonds is 5. The highest BCUT2D eigenvalue weighted by atomic mass is 35.5. The highest BCUT2D eigenvalue weighted by Crippen LogP contribution is 2.27. The summed E-state index contributed by atoms with van der Waals surface area (Å²) in [4.78, 5) is 21.9. The minimum atomic E-state index is -0.220. The Morgan fingerprint density at radius 1 is 1.28 bits per heavy atom. The number of benzene rings is 1. The summed E-state index contributed by atoms with van der Waals surface area (Å²) in [7, 11) is 0. The van der Waals surface area contributed by atoms with Crippen molar-refractivity contribution in [2.24, 2.45) is 0 Å². The van der Waals surface area contributed by atoms with Gasteiger partial charge in [0.15, 0.2) is 5.13 Å². The van der Waals surface area contributed by atoms with Crippen molar-refractivity contribution in [1.82, 2.24) is 9.97 Å². The number of amides is 1. The molecule has 0 fully saturated rings. The first-order valence-electron chi connectivity index (χ1n) is 7.26. The molecule has 128 valence electrons. The first kappa shape index (κ1) is 18.2. The molecule has 3 aromatic rings. The minimum absolute atomic E-state index is 0.220. The molecule has 0 unspecified atom stereocenters. The monoisotopic (exact) mass is 409 g/mol. The standard InChI is InChI=1S/C17H13Cl2N3OS2/c1-24-16-13(3-2-6-20-16)15(23)22-17-21-9-12(25-17)7-10-4-5-11(18)8-14(10)19/h2-6,8-9H,7H2,1H3,(H,21,22,23). The third-order valence-corrected chi connectivity index (χ3v) is 5.57. The maximum atomic E-state index is 12.4. The number of hydrogen-bond donors (Lipinski definition) is 1. The number of nitrogens with one attached hydrogen (secondary N) is 1. The molecule has 0 atom stereocenters. The number of anilines is 1. The zero-order chi connectivity index (χ0) is 17.8. The van der Waals surface area contributed by atoms with Gasteiger partial charge < -0.3 is 0 Å². The smallest absolute Gasteiger partial charge is 0.260 e. The normalized spacial score (nSPS) is 10.7. The maximum absolute atomic E-state index is 12.4. The van der Waals surface area contributed by atoms with E-state index in [1.165, 1.54) is 23.1 Å². The quantitative estimate of drug-likeness (QED) is 0.572. The number of carbonyl (C=O) groups is 1. The van der Waals surface area contributed by atoms with E-state index >= 15 is 0 Å². The lowest BCUT2D eigenvalue weighted by atomic mass is 10.1. The fourth-order valence-electron chi connectivity index (χ4n) is 2.19. The van der Waals surface area contributed by atoms with Gasteiger partial charge >= 0.3 is 0 Å². The van der Waals surface area contributed by atoms with Crippen LogP contribution in [0.5, 0.6) is 0 Å². The van der Waals surface area contributed by atoms with Gasteiger partial charge in [-0.2, -0.15) is 0 Å². The van der Waals surface area contributed by atoms with E-state index in [-0.39, 0.29) is 5.91 Å². The van der Waals surface area contributed by atoms with Gasteiger partial charge in [-0.1, -0.05) is 29.3 Å². The second kappa shape index (κ2) is 8.19. The number of thiazole rings is 1. The predicted molar refractivity (Wildman–Crippen MR) is 105 cm³/mol. The Morgan fingerprint density at radius 2 is 2.12 bits per heavy atom. The number of pyridine rings is 1. The van der Waals surface area contributed by atoms with E-state index in [0.717, 1.165) is 10.4 Å². The zero-order valence-electron chi connectivity index (χ0n) is 13.1. The molecule has 3 rings (SSSR count). The van der Waals surface area contributed by atoms with Crippen molar-refractivity contribution in [3.05, 3.63) is 68.8 Å². The van der Waals surface area contributed by atoms with Crippen LogP contribution in [0.2, 0.25) is 10.0 Å². The SMILES string of the molecule is CSc1ncccc1C(=O)Nc1ncc(Cc2ccc(Cl)cc2Cl)s1. The molecule has 1 amide bonds. The van der Waals surface area contributed by atoms with Crippen LogP contribution in [0.1, 0.15) is 20.8 Å². The highest BCUT2D eigenvalue weighted by molar-refractivity contribution is 7.98. The highest BCUT2D eigenvalue weighted by Gasteiger charge is 2.14. The third kappa shape index (κ3) is 4.52. The summed E-state index contributed by atoms with van der Waals surface area (Å²) >= 11 is 15.0. The Hall–Kier alpha value is -1.60. The summed E-state index contributed by atoms with van der Waals surface area (Å²) < 4.78 is 0. The largest absolute Gasteiger partial charge is 0.298 e. The van der Waals surface area contributed by atoms with Crippen molar-refractivity contribution < 1.29 is 4.79 Å². The van der Waals surface area contributed by atoms with Gasteiger partial charge in [-0.3, -0.25) is 10.1 Å². The average molecular weight is 410 g/mol. The molecule has 0 saturated carbocycles. The minimum Gasteiger partial charge on any atom is -0.298 e. The third-order valence-electron chi connectivity index (χ3n) is 3.36. The molecule has 0 aliphatic carbocycles. The van der Waals surface area contributed by atoms with Crippen LogP contribution < -0.4 is 5.32 Å². The van der Waals surface area contributed by atoms with Crippen molar-refractivity contribution in [2.45, 2.75) is 11.4 Å². The molecule has 1 N–H and O–H groups in total. The number of hydrogen-bond acceptors (Lipinski definition) is 5. The Balaban J connectivity index is 1.72. The lowest BCUT2D eigenvalue weighted by Gasteiger charge is -2.05. The average Bonchev–Trinajstić information content (AvgIpc) is 3.04. The topological polar surface area (TPSA) is 54.9 Å². The van der Waals surface area contributed by atoms with Gasteiger partial charge in [-0.05, 0) is 36.1 Å². The van der Waals surface area contributed by atoms with Gasteiger partial charge in [0, 0.05) is 33.7 Å². The fraction of sp³-hybridized carbons (Fsp3) is 0.118. The first-order chi connectivity index (χ1) is 12.1. The molecule has 4 nitrogen and oxygen atoms in total. The molecule has 0 aliphatic rings. The first-order valence-corrected chi connectivity index (χ1v) is 10.1. The molecule has 0 spiro atoms. The summed E-state index contributed by atoms with van der Waals surface area (Å²) in [6.45, 7) is 0. The van der Waals surface area contributed by atoms with E-state index in [2.05, 4.69) is 15.3 Å². The van der Waals surface area contributed by atoms with Crippen LogP contribution >= 0.6 is 46.3 Å². The molecule has 1 aromatic carbocycles. The van der Waals surface area contributed by atoms with E-state index in [1.54, 1.807) is 36.7 Å². The van der Waals surface area contributed by atoms with Crippen molar-refractivity contribution in [1.29, 1.82) is 0 Å². The number of aromatic nitrogens is 2. The molecule has 8 heteroatoms. The van der Waals surface area contributed by atoms with Gasteiger partial charge in [0.25, 0.3) is 5.91 Å². The van der Waals surface area contributed by atoms with Crippen LogP contribution in [0.3, 0.4) is 0 Å². The number of carbonyl (C=O) groups excluding carboxylic acids is 1. The summed E-state index contributed by atoms with van der Waals surface area (Å²) in [5.74, 6) is -0.220. The Labute approximate surface area is 163 Å². The lowest BCUT2D eigenvalue weighted by Crippen LogP contribution is -2.13. The lowest BCUT2D eigenvalue weighted by molar-refractivity contribution is 0.102. The second-order valence-corrected chi connectivity index (χ2v) is 7.81. The number of nitrogens with zero attached hydrogens (tertiary/aromatic N) is 2. The fourth-order valence-corrected chi connectivity index (χ4v) is 4.04. The number of thioether (sulfide) groups is 1. The molecular formula is C17H13Cl2N3OS2. The van der Waals surface area contributed by atoms with Crippen LogP contribution in [0.25, 0.3) is 0 Å². The van der Waals surface area contributed by atoms with Gasteiger partial charge in [-0.15, -0.1) is 23.1 Å². The molecule has 0 aliphatic heterocycles. The molecule has 2 aromatic heterocycles. The van der Waals surface area contributed by atoms with Crippen molar-refractivity contribution in [3.8, 4) is 0 Å². The molecule has 2 heterocycles. The van der Waals surface area contributed by atoms with E-state index in [0.29, 0.717) is 32.2 Å². The Kier molecular flexibility index (Phi) is 5.96. The van der Waals surface area contributed by atoms with Crippen molar-refractivity contribution in [2.75, 3.05) is 11.6 Å². The van der Waals surface area contributed by atoms with E-state index in [1.807, 2.05) is 12.3 Å². The van der Waals surface area contributed by atoms with Crippen LogP contribution in [0.4, 0.5) is 5.13 Å². The molecular weight excluding hydrogens is 397 g/mol. The van der Waals surface area contributed by atoms with E-state index in [4.69, 9.17) is 23.2 Å². The second-order valence-electron chi connectivity index (χ2n) is 5.06. The maximum Gasteiger partial charge on any atom is 0.260 e. The van der Waals surface area contributed by atoms with Gasteiger partial charge in [0.1, 0.15) is 5.03 Å². The molecule has 0 radical (unpaired) electrons. The summed E-state index contributed by atoms with van der Waals surface area (Å²) in [6.07, 6.45) is 5.92.